The number of nitrogens with one attached hydrogen (secondary N) is 2. The zero-order valence-electron chi connectivity index (χ0n) is 12.7. The van der Waals surface area contributed by atoms with Crippen molar-refractivity contribution < 1.29 is 14.3 Å². The van der Waals surface area contributed by atoms with E-state index in [4.69, 9.17) is 27.9 Å². The monoisotopic (exact) mass is 366 g/mol. The van der Waals surface area contributed by atoms with Gasteiger partial charge >= 0.3 is 0 Å². The summed E-state index contributed by atoms with van der Waals surface area (Å²) in [4.78, 5) is 23.4. The SMILES string of the molecule is O=C(CNC(=O)COc1ccc(Cl)cc1Cl)NCc1ccccc1. The molecule has 0 saturated carbocycles. The van der Waals surface area contributed by atoms with Crippen molar-refractivity contribution in [1.82, 2.24) is 10.6 Å². The molecule has 2 amide bonds. The number of carbonyl (C=O) groups is 2. The normalized spacial score (nSPS) is 10.1. The lowest BCUT2D eigenvalue weighted by atomic mass is 10.2. The van der Waals surface area contributed by atoms with E-state index >= 15 is 0 Å². The Kier molecular flexibility index (Phi) is 6.90. The maximum absolute atomic E-state index is 11.7. The molecule has 0 saturated heterocycles. The number of carbonyl (C=O) groups excluding carboxylic acids is 2. The van der Waals surface area contributed by atoms with E-state index in [2.05, 4.69) is 10.6 Å². The summed E-state index contributed by atoms with van der Waals surface area (Å²) in [5, 5.41) is 5.98. The molecule has 0 fully saturated rings. The van der Waals surface area contributed by atoms with E-state index in [-0.39, 0.29) is 19.1 Å². The van der Waals surface area contributed by atoms with Gasteiger partial charge in [-0.3, -0.25) is 9.59 Å². The topological polar surface area (TPSA) is 67.4 Å². The van der Waals surface area contributed by atoms with E-state index in [0.717, 1.165) is 5.56 Å². The van der Waals surface area contributed by atoms with Crippen molar-refractivity contribution in [3.8, 4) is 5.75 Å². The molecule has 0 atom stereocenters. The molecule has 2 rings (SSSR count). The minimum atomic E-state index is -0.420. The molecule has 0 heterocycles. The van der Waals surface area contributed by atoms with Crippen molar-refractivity contribution in [2.75, 3.05) is 13.2 Å². The molecule has 7 heteroatoms. The third kappa shape index (κ3) is 6.10. The Morgan fingerprint density at radius 2 is 1.71 bits per heavy atom. The molecule has 0 bridgehead atoms. The van der Waals surface area contributed by atoms with Gasteiger partial charge in [-0.2, -0.15) is 0 Å². The van der Waals surface area contributed by atoms with Crippen molar-refractivity contribution in [3.05, 3.63) is 64.1 Å². The van der Waals surface area contributed by atoms with E-state index in [1.807, 2.05) is 30.3 Å². The van der Waals surface area contributed by atoms with E-state index < -0.39 is 5.91 Å². The van der Waals surface area contributed by atoms with Crippen molar-refractivity contribution in [2.24, 2.45) is 0 Å². The molecular formula is C17H16Cl2N2O3. The Bertz CT molecular complexity index is 708. The van der Waals surface area contributed by atoms with Crippen LogP contribution in [0.2, 0.25) is 10.0 Å². The van der Waals surface area contributed by atoms with E-state index in [0.29, 0.717) is 22.3 Å². The van der Waals surface area contributed by atoms with Gasteiger partial charge in [-0.1, -0.05) is 53.5 Å². The van der Waals surface area contributed by atoms with Crippen LogP contribution >= 0.6 is 23.2 Å². The molecule has 5 nitrogen and oxygen atoms in total. The number of halogens is 2. The minimum absolute atomic E-state index is 0.122. The third-order valence-electron chi connectivity index (χ3n) is 3.03. The first-order chi connectivity index (χ1) is 11.5. The lowest BCUT2D eigenvalue weighted by molar-refractivity contribution is -0.127. The number of hydrogen-bond acceptors (Lipinski definition) is 3. The first-order valence-electron chi connectivity index (χ1n) is 7.20. The van der Waals surface area contributed by atoms with Gasteiger partial charge in [0, 0.05) is 11.6 Å². The van der Waals surface area contributed by atoms with Gasteiger partial charge in [-0.25, -0.2) is 0 Å². The Balaban J connectivity index is 1.68. The predicted molar refractivity (Wildman–Crippen MR) is 93.3 cm³/mol. The maximum atomic E-state index is 11.7. The number of hydrogen-bond donors (Lipinski definition) is 2. The number of rotatable bonds is 7. The second-order valence-corrected chi connectivity index (χ2v) is 5.75. The molecule has 2 aromatic rings. The van der Waals surface area contributed by atoms with Crippen LogP contribution in [0.1, 0.15) is 5.56 Å². The summed E-state index contributed by atoms with van der Waals surface area (Å²) < 4.78 is 5.28. The molecule has 0 unspecified atom stereocenters. The van der Waals surface area contributed by atoms with Gasteiger partial charge in [0.2, 0.25) is 5.91 Å². The summed E-state index contributed by atoms with van der Waals surface area (Å²) in [7, 11) is 0. The molecule has 0 spiro atoms. The highest BCUT2D eigenvalue weighted by molar-refractivity contribution is 6.35. The summed E-state index contributed by atoms with van der Waals surface area (Å²) in [5.41, 5.74) is 0.984. The number of amides is 2. The zero-order chi connectivity index (χ0) is 17.4. The first kappa shape index (κ1) is 18.1. The van der Waals surface area contributed by atoms with Crippen molar-refractivity contribution >= 4 is 35.0 Å². The van der Waals surface area contributed by atoms with Crippen molar-refractivity contribution in [2.45, 2.75) is 6.54 Å². The Morgan fingerprint density at radius 3 is 2.42 bits per heavy atom. The largest absolute Gasteiger partial charge is 0.482 e. The smallest absolute Gasteiger partial charge is 0.258 e. The molecule has 126 valence electrons. The summed E-state index contributed by atoms with van der Waals surface area (Å²) in [5.74, 6) is -0.350. The summed E-state index contributed by atoms with van der Waals surface area (Å²) in [6, 6.07) is 14.2. The lowest BCUT2D eigenvalue weighted by Crippen LogP contribution is -2.38. The highest BCUT2D eigenvalue weighted by atomic mass is 35.5. The van der Waals surface area contributed by atoms with Crippen LogP contribution < -0.4 is 15.4 Å². The van der Waals surface area contributed by atoms with Crippen LogP contribution in [0.5, 0.6) is 5.75 Å². The fraction of sp³-hybridized carbons (Fsp3) is 0.176. The van der Waals surface area contributed by atoms with Gasteiger partial charge in [0.05, 0.1) is 11.6 Å². The Labute approximate surface area is 149 Å². The first-order valence-corrected chi connectivity index (χ1v) is 7.95. The average molecular weight is 367 g/mol. The molecule has 0 aromatic heterocycles. The summed E-state index contributed by atoms with van der Waals surface area (Å²) >= 11 is 11.7. The van der Waals surface area contributed by atoms with E-state index in [1.54, 1.807) is 12.1 Å². The second-order valence-electron chi connectivity index (χ2n) is 4.90. The molecule has 0 aliphatic rings. The van der Waals surface area contributed by atoms with Crippen molar-refractivity contribution in [1.29, 1.82) is 0 Å². The van der Waals surface area contributed by atoms with Gasteiger partial charge in [-0.15, -0.1) is 0 Å². The summed E-state index contributed by atoms with van der Waals surface area (Å²) in [6.45, 7) is 0.0448. The fourth-order valence-corrected chi connectivity index (χ4v) is 2.29. The third-order valence-corrected chi connectivity index (χ3v) is 3.56. The molecule has 0 aliphatic heterocycles. The number of benzene rings is 2. The quantitative estimate of drug-likeness (QED) is 0.791. The van der Waals surface area contributed by atoms with E-state index in [1.165, 1.54) is 6.07 Å². The average Bonchev–Trinajstić information content (AvgIpc) is 2.58. The van der Waals surface area contributed by atoms with Crippen LogP contribution in [0.15, 0.2) is 48.5 Å². The maximum Gasteiger partial charge on any atom is 0.258 e. The Hall–Kier alpha value is -2.24. The van der Waals surface area contributed by atoms with Crippen LogP contribution in [-0.4, -0.2) is 25.0 Å². The van der Waals surface area contributed by atoms with Gasteiger partial charge in [0.1, 0.15) is 5.75 Å². The molecule has 24 heavy (non-hydrogen) atoms. The number of ether oxygens (including phenoxy) is 1. The van der Waals surface area contributed by atoms with Gasteiger partial charge < -0.3 is 15.4 Å². The second kappa shape index (κ2) is 9.15. The zero-order valence-corrected chi connectivity index (χ0v) is 14.2. The predicted octanol–water partition coefficient (Wildman–Crippen LogP) is 2.80. The molecule has 2 aromatic carbocycles. The van der Waals surface area contributed by atoms with Gasteiger partial charge in [-0.05, 0) is 23.8 Å². The molecule has 0 aliphatic carbocycles. The van der Waals surface area contributed by atoms with Gasteiger partial charge in [0.15, 0.2) is 6.61 Å². The fourth-order valence-electron chi connectivity index (χ4n) is 1.82. The highest BCUT2D eigenvalue weighted by Crippen LogP contribution is 2.27. The minimum Gasteiger partial charge on any atom is -0.482 e. The Morgan fingerprint density at radius 1 is 0.958 bits per heavy atom. The lowest BCUT2D eigenvalue weighted by Gasteiger charge is -2.09. The highest BCUT2D eigenvalue weighted by Gasteiger charge is 2.08. The molecular weight excluding hydrogens is 351 g/mol. The molecule has 0 radical (unpaired) electrons. The van der Waals surface area contributed by atoms with Crippen LogP contribution in [0, 0.1) is 0 Å². The standard InChI is InChI=1S/C17H16Cl2N2O3/c18-13-6-7-15(14(19)8-13)24-11-17(23)21-10-16(22)20-9-12-4-2-1-3-5-12/h1-8H,9-11H2,(H,20,22)(H,21,23). The van der Waals surface area contributed by atoms with Crippen LogP contribution in [-0.2, 0) is 16.1 Å². The van der Waals surface area contributed by atoms with Crippen LogP contribution in [0.25, 0.3) is 0 Å². The summed E-state index contributed by atoms with van der Waals surface area (Å²) in [6.07, 6.45) is 0. The van der Waals surface area contributed by atoms with Crippen LogP contribution in [0.4, 0.5) is 0 Å². The molecule has 2 N–H and O–H groups in total. The van der Waals surface area contributed by atoms with E-state index in [9.17, 15) is 9.59 Å². The van der Waals surface area contributed by atoms with Crippen LogP contribution in [0.3, 0.4) is 0 Å². The van der Waals surface area contributed by atoms with Gasteiger partial charge in [0.25, 0.3) is 5.91 Å². The van der Waals surface area contributed by atoms with Crippen molar-refractivity contribution in [3.63, 3.8) is 0 Å².